The molecule has 4 rings (SSSR count). The zero-order valence-electron chi connectivity index (χ0n) is 17.7. The van der Waals surface area contributed by atoms with Crippen LogP contribution in [0.3, 0.4) is 0 Å². The van der Waals surface area contributed by atoms with Crippen LogP contribution >= 0.6 is 0 Å². The fourth-order valence-corrected chi connectivity index (χ4v) is 4.24. The molecule has 1 aliphatic carbocycles. The maximum absolute atomic E-state index is 12.8. The van der Waals surface area contributed by atoms with Gasteiger partial charge in [-0.1, -0.05) is 36.7 Å². The standard InChI is InChI=1S/C23H28N4O2/c1-14-6-8-17(9-7-14)27-21-12-23(4,5)11-20(19(21)13-24-27)25-22(28)10-18-15(2)26-29-16(18)3/h6-9,13,20H,10-12H2,1-5H3,(H,25,28)/t20-/m0/s1. The van der Waals surface area contributed by atoms with E-state index in [9.17, 15) is 4.79 Å². The molecule has 29 heavy (non-hydrogen) atoms. The molecule has 2 heterocycles. The van der Waals surface area contributed by atoms with E-state index in [-0.39, 0.29) is 23.8 Å². The van der Waals surface area contributed by atoms with Gasteiger partial charge in [0, 0.05) is 11.1 Å². The quantitative estimate of drug-likeness (QED) is 0.724. The smallest absolute Gasteiger partial charge is 0.225 e. The minimum atomic E-state index is -0.0547. The van der Waals surface area contributed by atoms with Gasteiger partial charge in [0.15, 0.2) is 0 Å². The van der Waals surface area contributed by atoms with Crippen molar-refractivity contribution in [2.75, 3.05) is 0 Å². The largest absolute Gasteiger partial charge is 0.361 e. The first-order valence-corrected chi connectivity index (χ1v) is 10.1. The molecule has 1 aliphatic rings. The Bertz CT molecular complexity index is 1020. The SMILES string of the molecule is Cc1ccc(-n2ncc3c2CC(C)(C)C[C@@H]3NC(=O)Cc2c(C)noc2C)cc1. The zero-order chi connectivity index (χ0) is 20.8. The predicted octanol–water partition coefficient (Wildman–Crippen LogP) is 4.16. The van der Waals surface area contributed by atoms with Crippen LogP contribution in [0.15, 0.2) is 35.0 Å². The first-order valence-electron chi connectivity index (χ1n) is 10.1. The highest BCUT2D eigenvalue weighted by atomic mass is 16.5. The molecule has 1 aromatic carbocycles. The zero-order valence-corrected chi connectivity index (χ0v) is 17.7. The lowest BCUT2D eigenvalue weighted by molar-refractivity contribution is -0.121. The Labute approximate surface area is 171 Å². The third-order valence-corrected chi connectivity index (χ3v) is 5.81. The average Bonchev–Trinajstić information content (AvgIpc) is 3.20. The lowest BCUT2D eigenvalue weighted by atomic mass is 9.74. The summed E-state index contributed by atoms with van der Waals surface area (Å²) >= 11 is 0. The Morgan fingerprint density at radius 1 is 1.24 bits per heavy atom. The molecule has 0 saturated heterocycles. The molecule has 0 bridgehead atoms. The van der Waals surface area contributed by atoms with Crippen LogP contribution in [-0.4, -0.2) is 20.8 Å². The van der Waals surface area contributed by atoms with Crippen molar-refractivity contribution in [3.05, 3.63) is 64.3 Å². The average molecular weight is 393 g/mol. The van der Waals surface area contributed by atoms with Crippen molar-refractivity contribution < 1.29 is 9.32 Å². The van der Waals surface area contributed by atoms with E-state index < -0.39 is 0 Å². The molecule has 0 spiro atoms. The maximum Gasteiger partial charge on any atom is 0.225 e. The van der Waals surface area contributed by atoms with Gasteiger partial charge in [-0.15, -0.1) is 0 Å². The first-order chi connectivity index (χ1) is 13.7. The molecule has 6 nitrogen and oxygen atoms in total. The van der Waals surface area contributed by atoms with Gasteiger partial charge in [-0.25, -0.2) is 4.68 Å². The maximum atomic E-state index is 12.8. The number of aromatic nitrogens is 3. The molecule has 0 unspecified atom stereocenters. The van der Waals surface area contributed by atoms with E-state index in [1.54, 1.807) is 0 Å². The van der Waals surface area contributed by atoms with E-state index in [4.69, 9.17) is 4.52 Å². The number of benzene rings is 1. The molecule has 152 valence electrons. The molecule has 1 N–H and O–H groups in total. The summed E-state index contributed by atoms with van der Waals surface area (Å²) in [5.41, 5.74) is 6.26. The Hall–Kier alpha value is -2.89. The number of nitrogens with one attached hydrogen (secondary N) is 1. The van der Waals surface area contributed by atoms with Crippen molar-refractivity contribution in [2.45, 2.75) is 59.9 Å². The van der Waals surface area contributed by atoms with Crippen molar-refractivity contribution in [1.29, 1.82) is 0 Å². The van der Waals surface area contributed by atoms with Crippen molar-refractivity contribution in [3.8, 4) is 5.69 Å². The van der Waals surface area contributed by atoms with Crippen LogP contribution in [0.25, 0.3) is 5.69 Å². The molecule has 3 aromatic rings. The van der Waals surface area contributed by atoms with Crippen LogP contribution in [0.1, 0.15) is 60.1 Å². The minimum absolute atomic E-state index is 0.0175. The van der Waals surface area contributed by atoms with Gasteiger partial charge < -0.3 is 9.84 Å². The number of aryl methyl sites for hydroxylation is 3. The lowest BCUT2D eigenvalue weighted by Gasteiger charge is -2.36. The minimum Gasteiger partial charge on any atom is -0.361 e. The van der Waals surface area contributed by atoms with Crippen molar-refractivity contribution in [1.82, 2.24) is 20.3 Å². The van der Waals surface area contributed by atoms with Gasteiger partial charge in [-0.05, 0) is 51.2 Å². The summed E-state index contributed by atoms with van der Waals surface area (Å²) in [5, 5.41) is 11.9. The predicted molar refractivity (Wildman–Crippen MR) is 111 cm³/mol. The van der Waals surface area contributed by atoms with Crippen molar-refractivity contribution in [2.24, 2.45) is 5.41 Å². The van der Waals surface area contributed by atoms with E-state index in [1.165, 1.54) is 11.3 Å². The molecule has 2 aromatic heterocycles. The second-order valence-corrected chi connectivity index (χ2v) is 8.94. The number of carbonyl (C=O) groups excluding carboxylic acids is 1. The highest BCUT2D eigenvalue weighted by Gasteiger charge is 2.36. The monoisotopic (exact) mass is 392 g/mol. The van der Waals surface area contributed by atoms with Crippen LogP contribution in [0.5, 0.6) is 0 Å². The topological polar surface area (TPSA) is 73.0 Å². The number of hydrogen-bond acceptors (Lipinski definition) is 4. The molecule has 0 fully saturated rings. The summed E-state index contributed by atoms with van der Waals surface area (Å²) in [6, 6.07) is 8.33. The normalized spacial score (nSPS) is 17.8. The van der Waals surface area contributed by atoms with Crippen LogP contribution in [0.4, 0.5) is 0 Å². The Morgan fingerprint density at radius 3 is 2.62 bits per heavy atom. The molecule has 6 heteroatoms. The number of carbonyl (C=O) groups is 1. The summed E-state index contributed by atoms with van der Waals surface area (Å²) in [4.78, 5) is 12.8. The van der Waals surface area contributed by atoms with Crippen LogP contribution in [0, 0.1) is 26.2 Å². The second kappa shape index (κ2) is 7.17. The third-order valence-electron chi connectivity index (χ3n) is 5.81. The Kier molecular flexibility index (Phi) is 4.81. The fraction of sp³-hybridized carbons (Fsp3) is 0.435. The van der Waals surface area contributed by atoms with Gasteiger partial charge in [0.05, 0.1) is 35.7 Å². The van der Waals surface area contributed by atoms with E-state index >= 15 is 0 Å². The number of hydrogen-bond donors (Lipinski definition) is 1. The van der Waals surface area contributed by atoms with E-state index in [2.05, 4.69) is 60.6 Å². The van der Waals surface area contributed by atoms with Crippen LogP contribution in [-0.2, 0) is 17.6 Å². The summed E-state index contributed by atoms with van der Waals surface area (Å²) in [6.07, 6.45) is 3.99. The number of amides is 1. The lowest BCUT2D eigenvalue weighted by Crippen LogP contribution is -2.37. The van der Waals surface area contributed by atoms with E-state index in [0.29, 0.717) is 5.76 Å². The van der Waals surface area contributed by atoms with Crippen molar-refractivity contribution in [3.63, 3.8) is 0 Å². The summed E-state index contributed by atoms with van der Waals surface area (Å²) in [7, 11) is 0. The van der Waals surface area contributed by atoms with Crippen LogP contribution < -0.4 is 5.32 Å². The van der Waals surface area contributed by atoms with Gasteiger partial charge in [0.2, 0.25) is 5.91 Å². The number of fused-ring (bicyclic) bond motifs is 1. The molecule has 1 amide bonds. The number of rotatable bonds is 4. The summed E-state index contributed by atoms with van der Waals surface area (Å²) in [5.74, 6) is 0.686. The van der Waals surface area contributed by atoms with Gasteiger partial charge in [0.25, 0.3) is 0 Å². The first kappa shape index (κ1) is 19.4. The molecule has 0 saturated carbocycles. The van der Waals surface area contributed by atoms with Gasteiger partial charge >= 0.3 is 0 Å². The fourth-order valence-electron chi connectivity index (χ4n) is 4.24. The third kappa shape index (κ3) is 3.84. The van der Waals surface area contributed by atoms with E-state index in [0.717, 1.165) is 35.3 Å². The molecular formula is C23H28N4O2. The highest BCUT2D eigenvalue weighted by Crippen LogP contribution is 2.41. The highest BCUT2D eigenvalue weighted by molar-refractivity contribution is 5.79. The molecule has 0 radical (unpaired) electrons. The summed E-state index contributed by atoms with van der Waals surface area (Å²) in [6.45, 7) is 10.3. The molecular weight excluding hydrogens is 364 g/mol. The molecule has 1 atom stereocenters. The summed E-state index contributed by atoms with van der Waals surface area (Å²) < 4.78 is 7.21. The van der Waals surface area contributed by atoms with Crippen molar-refractivity contribution >= 4 is 5.91 Å². The van der Waals surface area contributed by atoms with E-state index in [1.807, 2.05) is 24.7 Å². The second-order valence-electron chi connectivity index (χ2n) is 8.94. The van der Waals surface area contributed by atoms with Gasteiger partial charge in [-0.3, -0.25) is 4.79 Å². The Balaban J connectivity index is 1.61. The Morgan fingerprint density at radius 2 is 1.97 bits per heavy atom. The molecule has 0 aliphatic heterocycles. The number of nitrogens with zero attached hydrogens (tertiary/aromatic N) is 3. The van der Waals surface area contributed by atoms with Gasteiger partial charge in [0.1, 0.15) is 5.76 Å². The van der Waals surface area contributed by atoms with Gasteiger partial charge in [-0.2, -0.15) is 5.10 Å². The van der Waals surface area contributed by atoms with Crippen LogP contribution in [0.2, 0.25) is 0 Å².